The molecule has 0 aromatic heterocycles. The average Bonchev–Trinajstić information content (AvgIpc) is 2.85. The summed E-state index contributed by atoms with van der Waals surface area (Å²) in [6, 6.07) is 0. The molecule has 10 atom stereocenters. The number of esters is 2. The fraction of sp³-hybridized carbons (Fsp3) is 0.774. The summed E-state index contributed by atoms with van der Waals surface area (Å²) in [7, 11) is 0. The average molecular weight is 565 g/mol. The zero-order valence-electron chi connectivity index (χ0n) is 25.4. The van der Waals surface area contributed by atoms with Gasteiger partial charge in [-0.05, 0) is 71.1 Å². The van der Waals surface area contributed by atoms with Gasteiger partial charge in [0.2, 0.25) is 0 Å². The SMILES string of the molecule is C/C=C(/C)C(=O)O[C@@H]1[C@@H](O[C@H]2O[C@H](C)[C@@H](OC(C)=O)[C@@H](O)[C@@H]2O)C[C@]2(C)[C@H](CCC(C)=O)C(C)=CC[C@@H]2C1(C)C. The fourth-order valence-electron chi connectivity index (χ4n) is 7.36. The second-order valence-corrected chi connectivity index (χ2v) is 12.8. The number of aliphatic hydroxyl groups excluding tert-OH is 2. The fourth-order valence-corrected chi connectivity index (χ4v) is 7.36. The number of hydrogen-bond donors (Lipinski definition) is 2. The van der Waals surface area contributed by atoms with Gasteiger partial charge in [0.25, 0.3) is 0 Å². The van der Waals surface area contributed by atoms with Crippen molar-refractivity contribution in [3.8, 4) is 0 Å². The Bertz CT molecular complexity index is 1030. The Labute approximate surface area is 238 Å². The number of aliphatic hydroxyl groups is 2. The standard InChI is InChI=1S/C31H48O9/c1-10-16(2)28(36)40-27-22(39-29-25(35)24(34)26(19(5)37-29)38-20(6)33)15-31(9)21(13-12-18(4)32)17(3)11-14-23(31)30(27,7)8/h10-11,19,21-27,29,34-35H,12-15H2,1-9H3/b16-10-/t19-,21-,22+,23-,24+,25+,26-,27-,29-,31-/m1/s1. The molecule has 1 saturated heterocycles. The van der Waals surface area contributed by atoms with Crippen LogP contribution in [0.1, 0.15) is 88.0 Å². The van der Waals surface area contributed by atoms with Crippen molar-refractivity contribution < 1.29 is 43.5 Å². The summed E-state index contributed by atoms with van der Waals surface area (Å²) in [5.41, 5.74) is 0.864. The Morgan fingerprint density at radius 2 is 1.75 bits per heavy atom. The summed E-state index contributed by atoms with van der Waals surface area (Å²) < 4.78 is 23.8. The van der Waals surface area contributed by atoms with Gasteiger partial charge in [0.1, 0.15) is 24.1 Å². The predicted octanol–water partition coefficient (Wildman–Crippen LogP) is 4.04. The third kappa shape index (κ3) is 6.37. The highest BCUT2D eigenvalue weighted by Gasteiger charge is 2.61. The maximum atomic E-state index is 13.1. The smallest absolute Gasteiger partial charge is 0.333 e. The third-order valence-corrected chi connectivity index (χ3v) is 9.59. The molecule has 0 unspecified atom stereocenters. The number of Topliss-reactive ketones (excluding diaryl/α,β-unsaturated/α-hetero) is 1. The van der Waals surface area contributed by atoms with E-state index in [9.17, 15) is 24.6 Å². The Morgan fingerprint density at radius 1 is 1.10 bits per heavy atom. The van der Waals surface area contributed by atoms with E-state index in [4.69, 9.17) is 18.9 Å². The molecule has 9 nitrogen and oxygen atoms in total. The van der Waals surface area contributed by atoms with Crippen LogP contribution in [0.25, 0.3) is 0 Å². The van der Waals surface area contributed by atoms with Crippen LogP contribution in [0.4, 0.5) is 0 Å². The van der Waals surface area contributed by atoms with Crippen molar-refractivity contribution in [2.24, 2.45) is 22.7 Å². The summed E-state index contributed by atoms with van der Waals surface area (Å²) in [5.74, 6) is -0.660. The summed E-state index contributed by atoms with van der Waals surface area (Å²) >= 11 is 0. The zero-order chi connectivity index (χ0) is 30.2. The van der Waals surface area contributed by atoms with Gasteiger partial charge >= 0.3 is 11.9 Å². The van der Waals surface area contributed by atoms with E-state index in [0.29, 0.717) is 24.8 Å². The number of hydrogen-bond acceptors (Lipinski definition) is 9. The lowest BCUT2D eigenvalue weighted by Gasteiger charge is -2.61. The molecule has 40 heavy (non-hydrogen) atoms. The highest BCUT2D eigenvalue weighted by Crippen LogP contribution is 2.62. The Balaban J connectivity index is 2.00. The van der Waals surface area contributed by atoms with Crippen LogP contribution in [0.5, 0.6) is 0 Å². The zero-order valence-corrected chi connectivity index (χ0v) is 25.4. The topological polar surface area (TPSA) is 129 Å². The van der Waals surface area contributed by atoms with Crippen LogP contribution >= 0.6 is 0 Å². The minimum Gasteiger partial charge on any atom is -0.457 e. The van der Waals surface area contributed by atoms with E-state index < -0.39 is 60.3 Å². The summed E-state index contributed by atoms with van der Waals surface area (Å²) in [5, 5.41) is 21.8. The molecule has 2 N–H and O–H groups in total. The molecule has 2 aliphatic carbocycles. The van der Waals surface area contributed by atoms with Gasteiger partial charge in [0.05, 0.1) is 12.2 Å². The number of allylic oxidation sites excluding steroid dienone is 3. The normalized spacial score (nSPS) is 39.5. The van der Waals surface area contributed by atoms with Crippen molar-refractivity contribution >= 4 is 17.7 Å². The molecule has 3 aliphatic rings. The molecule has 1 heterocycles. The molecular formula is C31H48O9. The lowest BCUT2D eigenvalue weighted by atomic mass is 9.46. The van der Waals surface area contributed by atoms with Crippen LogP contribution in [-0.4, -0.2) is 70.8 Å². The first kappa shape index (κ1) is 32.4. The van der Waals surface area contributed by atoms with Crippen LogP contribution < -0.4 is 0 Å². The molecule has 0 aromatic carbocycles. The molecule has 0 amide bonds. The number of fused-ring (bicyclic) bond motifs is 1. The van der Waals surface area contributed by atoms with Gasteiger partial charge in [0, 0.05) is 24.3 Å². The molecule has 0 aromatic rings. The summed E-state index contributed by atoms with van der Waals surface area (Å²) in [4.78, 5) is 36.6. The van der Waals surface area contributed by atoms with Gasteiger partial charge in [0.15, 0.2) is 12.4 Å². The van der Waals surface area contributed by atoms with Crippen LogP contribution in [-0.2, 0) is 33.3 Å². The quantitative estimate of drug-likeness (QED) is 0.255. The van der Waals surface area contributed by atoms with Crippen molar-refractivity contribution in [1.82, 2.24) is 0 Å². The third-order valence-electron chi connectivity index (χ3n) is 9.59. The van der Waals surface area contributed by atoms with Crippen molar-refractivity contribution in [2.75, 3.05) is 0 Å². The molecule has 9 heteroatoms. The number of carbonyl (C=O) groups excluding carboxylic acids is 3. The van der Waals surface area contributed by atoms with Gasteiger partial charge in [-0.1, -0.05) is 38.5 Å². The van der Waals surface area contributed by atoms with E-state index in [1.54, 1.807) is 33.8 Å². The van der Waals surface area contributed by atoms with Gasteiger partial charge < -0.3 is 34.0 Å². The first-order chi connectivity index (χ1) is 18.5. The highest BCUT2D eigenvalue weighted by atomic mass is 16.7. The molecular weight excluding hydrogens is 516 g/mol. The second kappa shape index (κ2) is 12.4. The Morgan fingerprint density at radius 3 is 2.33 bits per heavy atom. The van der Waals surface area contributed by atoms with Crippen LogP contribution in [0.15, 0.2) is 23.3 Å². The van der Waals surface area contributed by atoms with E-state index >= 15 is 0 Å². The van der Waals surface area contributed by atoms with Crippen LogP contribution in [0.2, 0.25) is 0 Å². The minimum atomic E-state index is -1.50. The molecule has 0 bridgehead atoms. The van der Waals surface area contributed by atoms with Gasteiger partial charge in [-0.2, -0.15) is 0 Å². The first-order valence-electron chi connectivity index (χ1n) is 14.4. The van der Waals surface area contributed by atoms with E-state index in [1.165, 1.54) is 12.5 Å². The summed E-state index contributed by atoms with van der Waals surface area (Å²) in [6.45, 7) is 16.4. The lowest BCUT2D eigenvalue weighted by Crippen LogP contribution is -2.64. The van der Waals surface area contributed by atoms with Gasteiger partial charge in [-0.25, -0.2) is 4.79 Å². The number of ether oxygens (including phenoxy) is 4. The highest BCUT2D eigenvalue weighted by molar-refractivity contribution is 5.87. The van der Waals surface area contributed by atoms with E-state index in [2.05, 4.69) is 33.8 Å². The van der Waals surface area contributed by atoms with E-state index in [1.807, 2.05) is 0 Å². The maximum absolute atomic E-state index is 13.1. The first-order valence-corrected chi connectivity index (χ1v) is 14.4. The molecule has 226 valence electrons. The van der Waals surface area contributed by atoms with Crippen LogP contribution in [0, 0.1) is 22.7 Å². The van der Waals surface area contributed by atoms with Crippen molar-refractivity contribution in [1.29, 1.82) is 0 Å². The summed E-state index contributed by atoms with van der Waals surface area (Å²) in [6.07, 6.45) is -0.902. The monoisotopic (exact) mass is 564 g/mol. The molecule has 0 radical (unpaired) electrons. The number of rotatable bonds is 8. The van der Waals surface area contributed by atoms with E-state index in [0.717, 1.165) is 6.42 Å². The molecule has 0 spiro atoms. The Hall–Kier alpha value is -2.07. The van der Waals surface area contributed by atoms with Crippen molar-refractivity contribution in [3.05, 3.63) is 23.3 Å². The van der Waals surface area contributed by atoms with E-state index in [-0.39, 0.29) is 23.0 Å². The molecule has 1 saturated carbocycles. The molecule has 3 rings (SSSR count). The van der Waals surface area contributed by atoms with Crippen LogP contribution in [0.3, 0.4) is 0 Å². The minimum absolute atomic E-state index is 0.115. The predicted molar refractivity (Wildman–Crippen MR) is 148 cm³/mol. The second-order valence-electron chi connectivity index (χ2n) is 12.8. The number of ketones is 1. The molecule has 1 aliphatic heterocycles. The largest absolute Gasteiger partial charge is 0.457 e. The lowest BCUT2D eigenvalue weighted by molar-refractivity contribution is -0.326. The maximum Gasteiger partial charge on any atom is 0.333 e. The van der Waals surface area contributed by atoms with Crippen molar-refractivity contribution in [2.45, 2.75) is 131 Å². The Kier molecular flexibility index (Phi) is 10.1. The van der Waals surface area contributed by atoms with Crippen molar-refractivity contribution in [3.63, 3.8) is 0 Å². The van der Waals surface area contributed by atoms with Gasteiger partial charge in [-0.3, -0.25) is 4.79 Å². The molecule has 2 fully saturated rings. The van der Waals surface area contributed by atoms with Gasteiger partial charge in [-0.15, -0.1) is 0 Å². The number of carbonyl (C=O) groups is 3.